The minimum atomic E-state index is -0.303. The van der Waals surface area contributed by atoms with Crippen LogP contribution in [0, 0.1) is 0 Å². The molecule has 0 bridgehead atoms. The molecule has 1 aromatic carbocycles. The van der Waals surface area contributed by atoms with Crippen molar-refractivity contribution < 1.29 is 9.59 Å². The van der Waals surface area contributed by atoms with Crippen LogP contribution in [0.25, 0.3) is 0 Å². The Bertz CT molecular complexity index is 681. The Balaban J connectivity index is 2.16. The monoisotopic (exact) mass is 285 g/mol. The number of carbonyl (C=O) groups is 2. The number of carbonyl (C=O) groups excluding carboxylic acids is 2. The van der Waals surface area contributed by atoms with Crippen molar-refractivity contribution in [2.24, 2.45) is 0 Å². The summed E-state index contributed by atoms with van der Waals surface area (Å²) in [6.45, 7) is 7.61. The molecule has 21 heavy (non-hydrogen) atoms. The number of benzene rings is 1. The molecular formula is C16H19N3O2. The Morgan fingerprint density at radius 1 is 1.19 bits per heavy atom. The summed E-state index contributed by atoms with van der Waals surface area (Å²) in [4.78, 5) is 23.5. The number of amides is 1. The SMILES string of the molecule is CC(=O)c1cccc(NC(=O)c2cc(C(C)(C)C)[nH]n2)c1. The van der Waals surface area contributed by atoms with E-state index in [1.807, 2.05) is 20.8 Å². The van der Waals surface area contributed by atoms with Crippen LogP contribution in [-0.4, -0.2) is 21.9 Å². The zero-order valence-electron chi connectivity index (χ0n) is 12.7. The quantitative estimate of drug-likeness (QED) is 0.851. The summed E-state index contributed by atoms with van der Waals surface area (Å²) < 4.78 is 0. The highest BCUT2D eigenvalue weighted by Gasteiger charge is 2.19. The lowest BCUT2D eigenvalue weighted by molar-refractivity contribution is 0.100. The van der Waals surface area contributed by atoms with Gasteiger partial charge in [0.05, 0.1) is 0 Å². The molecule has 1 amide bonds. The fraction of sp³-hybridized carbons (Fsp3) is 0.312. The highest BCUT2D eigenvalue weighted by Crippen LogP contribution is 2.20. The molecule has 1 aromatic heterocycles. The Morgan fingerprint density at radius 2 is 1.90 bits per heavy atom. The first-order valence-electron chi connectivity index (χ1n) is 6.75. The van der Waals surface area contributed by atoms with Crippen molar-refractivity contribution in [3.63, 3.8) is 0 Å². The molecule has 5 nitrogen and oxygen atoms in total. The third-order valence-corrected chi connectivity index (χ3v) is 3.15. The molecule has 0 aliphatic heterocycles. The summed E-state index contributed by atoms with van der Waals surface area (Å²) in [5.41, 5.74) is 2.26. The largest absolute Gasteiger partial charge is 0.321 e. The van der Waals surface area contributed by atoms with Crippen LogP contribution in [0.15, 0.2) is 30.3 Å². The highest BCUT2D eigenvalue weighted by atomic mass is 16.2. The number of nitrogens with one attached hydrogen (secondary N) is 2. The fourth-order valence-electron chi connectivity index (χ4n) is 1.83. The van der Waals surface area contributed by atoms with Crippen molar-refractivity contribution in [1.29, 1.82) is 0 Å². The van der Waals surface area contributed by atoms with Gasteiger partial charge in [0, 0.05) is 22.4 Å². The predicted octanol–water partition coefficient (Wildman–Crippen LogP) is 3.16. The maximum Gasteiger partial charge on any atom is 0.276 e. The molecule has 0 radical (unpaired) electrons. The average molecular weight is 285 g/mol. The first-order chi connectivity index (χ1) is 9.77. The molecule has 2 N–H and O–H groups in total. The number of nitrogens with zero attached hydrogens (tertiary/aromatic N) is 1. The lowest BCUT2D eigenvalue weighted by atomic mass is 9.92. The minimum Gasteiger partial charge on any atom is -0.321 e. The van der Waals surface area contributed by atoms with Crippen molar-refractivity contribution in [3.8, 4) is 0 Å². The van der Waals surface area contributed by atoms with Crippen LogP contribution >= 0.6 is 0 Å². The number of rotatable bonds is 3. The van der Waals surface area contributed by atoms with Gasteiger partial charge in [-0.15, -0.1) is 0 Å². The van der Waals surface area contributed by atoms with E-state index in [4.69, 9.17) is 0 Å². The summed E-state index contributed by atoms with van der Waals surface area (Å²) in [6.07, 6.45) is 0. The van der Waals surface area contributed by atoms with E-state index in [-0.39, 0.29) is 17.1 Å². The number of anilines is 1. The molecule has 1 heterocycles. The molecule has 0 unspecified atom stereocenters. The second-order valence-electron chi connectivity index (χ2n) is 6.01. The van der Waals surface area contributed by atoms with Crippen molar-refractivity contribution in [3.05, 3.63) is 47.3 Å². The van der Waals surface area contributed by atoms with Gasteiger partial charge in [-0.25, -0.2) is 0 Å². The number of aromatic amines is 1. The molecule has 2 rings (SSSR count). The number of H-pyrrole nitrogens is 1. The zero-order valence-corrected chi connectivity index (χ0v) is 12.7. The van der Waals surface area contributed by atoms with E-state index < -0.39 is 0 Å². The molecule has 0 spiro atoms. The molecule has 2 aromatic rings. The maximum atomic E-state index is 12.2. The molecule has 110 valence electrons. The summed E-state index contributed by atoms with van der Waals surface area (Å²) in [5, 5.41) is 9.65. The molecule has 0 aliphatic rings. The van der Waals surface area contributed by atoms with E-state index >= 15 is 0 Å². The number of hydrogen-bond donors (Lipinski definition) is 2. The van der Waals surface area contributed by atoms with Crippen molar-refractivity contribution in [1.82, 2.24) is 10.2 Å². The standard InChI is InChI=1S/C16H19N3O2/c1-10(20)11-6-5-7-12(8-11)17-15(21)13-9-14(19-18-13)16(2,3)4/h5-9H,1-4H3,(H,17,21)(H,18,19). The van der Waals surface area contributed by atoms with E-state index in [2.05, 4.69) is 15.5 Å². The summed E-state index contributed by atoms with van der Waals surface area (Å²) >= 11 is 0. The summed E-state index contributed by atoms with van der Waals surface area (Å²) in [6, 6.07) is 8.57. The normalized spacial score (nSPS) is 11.2. The topological polar surface area (TPSA) is 74.8 Å². The number of Topliss-reactive ketones (excluding diaryl/α,β-unsaturated/α-hetero) is 1. The van der Waals surface area contributed by atoms with Gasteiger partial charge in [-0.2, -0.15) is 5.10 Å². The van der Waals surface area contributed by atoms with Gasteiger partial charge in [0.25, 0.3) is 5.91 Å². The van der Waals surface area contributed by atoms with Crippen LogP contribution in [0.4, 0.5) is 5.69 Å². The van der Waals surface area contributed by atoms with Gasteiger partial charge >= 0.3 is 0 Å². The minimum absolute atomic E-state index is 0.0408. The predicted molar refractivity (Wildman–Crippen MR) is 81.7 cm³/mol. The number of aromatic nitrogens is 2. The Labute approximate surface area is 123 Å². The van der Waals surface area contributed by atoms with Crippen LogP contribution in [0.1, 0.15) is 54.2 Å². The molecule has 0 saturated heterocycles. The van der Waals surface area contributed by atoms with Crippen LogP contribution in [0.3, 0.4) is 0 Å². The van der Waals surface area contributed by atoms with Gasteiger partial charge in [-0.1, -0.05) is 32.9 Å². The van der Waals surface area contributed by atoms with Gasteiger partial charge in [0.1, 0.15) is 0 Å². The number of ketones is 1. The molecule has 0 saturated carbocycles. The van der Waals surface area contributed by atoms with E-state index in [1.54, 1.807) is 30.3 Å². The third kappa shape index (κ3) is 3.56. The van der Waals surface area contributed by atoms with Crippen molar-refractivity contribution in [2.75, 3.05) is 5.32 Å². The fourth-order valence-corrected chi connectivity index (χ4v) is 1.83. The van der Waals surface area contributed by atoms with Crippen LogP contribution in [-0.2, 0) is 5.41 Å². The van der Waals surface area contributed by atoms with Crippen molar-refractivity contribution in [2.45, 2.75) is 33.1 Å². The lowest BCUT2D eigenvalue weighted by Crippen LogP contribution is -2.13. The van der Waals surface area contributed by atoms with E-state index in [0.717, 1.165) is 5.69 Å². The second kappa shape index (κ2) is 5.52. The van der Waals surface area contributed by atoms with E-state index in [9.17, 15) is 9.59 Å². The smallest absolute Gasteiger partial charge is 0.276 e. The van der Waals surface area contributed by atoms with Gasteiger partial charge in [-0.3, -0.25) is 14.7 Å². The van der Waals surface area contributed by atoms with E-state index in [1.165, 1.54) is 6.92 Å². The van der Waals surface area contributed by atoms with Gasteiger partial charge < -0.3 is 5.32 Å². The molecule has 0 aliphatic carbocycles. The van der Waals surface area contributed by atoms with Gasteiger partial charge in [-0.05, 0) is 25.1 Å². The van der Waals surface area contributed by atoms with Crippen LogP contribution in [0.2, 0.25) is 0 Å². The third-order valence-electron chi connectivity index (χ3n) is 3.15. The molecular weight excluding hydrogens is 266 g/mol. The first kappa shape index (κ1) is 15.0. The van der Waals surface area contributed by atoms with Crippen LogP contribution in [0.5, 0.6) is 0 Å². The highest BCUT2D eigenvalue weighted by molar-refractivity contribution is 6.04. The summed E-state index contributed by atoms with van der Waals surface area (Å²) in [5.74, 6) is -0.344. The Kier molecular flexibility index (Phi) is 3.93. The van der Waals surface area contributed by atoms with Crippen molar-refractivity contribution >= 4 is 17.4 Å². The molecule has 0 fully saturated rings. The van der Waals surface area contributed by atoms with E-state index in [0.29, 0.717) is 16.9 Å². The van der Waals surface area contributed by atoms with Crippen LogP contribution < -0.4 is 5.32 Å². The van der Waals surface area contributed by atoms with Gasteiger partial charge in [0.2, 0.25) is 0 Å². The molecule has 0 atom stereocenters. The summed E-state index contributed by atoms with van der Waals surface area (Å²) in [7, 11) is 0. The lowest BCUT2D eigenvalue weighted by Gasteiger charge is -2.14. The molecule has 5 heteroatoms. The average Bonchev–Trinajstić information content (AvgIpc) is 2.88. The zero-order chi connectivity index (χ0) is 15.6. The first-order valence-corrected chi connectivity index (χ1v) is 6.75. The maximum absolute atomic E-state index is 12.2. The second-order valence-corrected chi connectivity index (χ2v) is 6.01. The number of hydrogen-bond acceptors (Lipinski definition) is 3. The Hall–Kier alpha value is -2.43. The van der Waals surface area contributed by atoms with Gasteiger partial charge in [0.15, 0.2) is 11.5 Å². The Morgan fingerprint density at radius 3 is 2.48 bits per heavy atom.